The second-order valence-electron chi connectivity index (χ2n) is 3.07. The third kappa shape index (κ3) is 5.77. The summed E-state index contributed by atoms with van der Waals surface area (Å²) in [4.78, 5) is 0. The number of hydrogen-bond donors (Lipinski definition) is 1. The molecule has 1 rings (SSSR count). The van der Waals surface area contributed by atoms with Crippen LogP contribution in [0.4, 0.5) is 0 Å². The Balaban J connectivity index is 1.95. The highest BCUT2D eigenvalue weighted by Crippen LogP contribution is 2.13. The number of ether oxygens (including phenoxy) is 1. The molecule has 1 aromatic heterocycles. The predicted octanol–water partition coefficient (Wildman–Crippen LogP) is 2.72. The lowest BCUT2D eigenvalue weighted by Crippen LogP contribution is -2.19. The van der Waals surface area contributed by atoms with Crippen molar-refractivity contribution in [3.05, 3.63) is 35.2 Å². The molecule has 0 aliphatic heterocycles. The minimum absolute atomic E-state index is 0.718. The lowest BCUT2D eigenvalue weighted by molar-refractivity contribution is 0.140. The first-order valence-electron chi connectivity index (χ1n) is 4.96. The smallest absolute Gasteiger partial charge is 0.169 e. The molecule has 1 N–H and O–H groups in total. The average molecular weight is 274 g/mol. The van der Waals surface area contributed by atoms with Gasteiger partial charge in [0.05, 0.1) is 19.8 Å². The molecule has 0 saturated heterocycles. The van der Waals surface area contributed by atoms with Crippen molar-refractivity contribution in [2.45, 2.75) is 13.0 Å². The second kappa shape index (κ2) is 7.68. The van der Waals surface area contributed by atoms with Crippen LogP contribution in [-0.2, 0) is 11.3 Å². The summed E-state index contributed by atoms with van der Waals surface area (Å²) in [6.45, 7) is 6.65. The summed E-state index contributed by atoms with van der Waals surface area (Å²) in [5, 5.41) is 3.23. The predicted molar refractivity (Wildman–Crippen MR) is 63.7 cm³/mol. The summed E-state index contributed by atoms with van der Waals surface area (Å²) >= 11 is 3.25. The largest absolute Gasteiger partial charge is 0.453 e. The van der Waals surface area contributed by atoms with Gasteiger partial charge in [0.1, 0.15) is 5.76 Å². The Bertz CT molecular complexity index is 286. The molecule has 15 heavy (non-hydrogen) atoms. The Hall–Kier alpha value is -0.580. The van der Waals surface area contributed by atoms with Gasteiger partial charge in [-0.2, -0.15) is 0 Å². The van der Waals surface area contributed by atoms with Crippen LogP contribution in [0.3, 0.4) is 0 Å². The standard InChI is InChI=1S/C11H16BrNO2/c1-2-3-7-14-8-6-13-9-10-4-5-11(12)15-10/h2,4-5,13H,1,3,6-9H2. The van der Waals surface area contributed by atoms with Gasteiger partial charge in [-0.15, -0.1) is 6.58 Å². The van der Waals surface area contributed by atoms with Gasteiger partial charge in [-0.1, -0.05) is 6.08 Å². The highest BCUT2D eigenvalue weighted by atomic mass is 79.9. The summed E-state index contributed by atoms with van der Waals surface area (Å²) < 4.78 is 11.4. The SMILES string of the molecule is C=CCCOCCNCc1ccc(Br)o1. The van der Waals surface area contributed by atoms with Crippen LogP contribution in [0.5, 0.6) is 0 Å². The fraction of sp³-hybridized carbons (Fsp3) is 0.455. The van der Waals surface area contributed by atoms with Gasteiger partial charge in [0.15, 0.2) is 4.67 Å². The van der Waals surface area contributed by atoms with Gasteiger partial charge in [0.2, 0.25) is 0 Å². The van der Waals surface area contributed by atoms with E-state index in [0.29, 0.717) is 0 Å². The molecule has 1 heterocycles. The van der Waals surface area contributed by atoms with Crippen molar-refractivity contribution in [1.82, 2.24) is 5.32 Å². The molecule has 0 saturated carbocycles. The maximum Gasteiger partial charge on any atom is 0.169 e. The summed E-state index contributed by atoms with van der Waals surface area (Å²) in [5.41, 5.74) is 0. The van der Waals surface area contributed by atoms with Crippen LogP contribution in [0.1, 0.15) is 12.2 Å². The van der Waals surface area contributed by atoms with Crippen molar-refractivity contribution in [2.24, 2.45) is 0 Å². The molecule has 0 spiro atoms. The number of hydrogen-bond acceptors (Lipinski definition) is 3. The number of nitrogens with one attached hydrogen (secondary N) is 1. The number of furan rings is 1. The van der Waals surface area contributed by atoms with E-state index in [1.165, 1.54) is 0 Å². The maximum atomic E-state index is 5.34. The van der Waals surface area contributed by atoms with Crippen LogP contribution in [0.15, 0.2) is 33.9 Å². The maximum absolute atomic E-state index is 5.34. The van der Waals surface area contributed by atoms with Crippen molar-refractivity contribution >= 4 is 15.9 Å². The Labute approximate surface area is 98.6 Å². The monoisotopic (exact) mass is 273 g/mol. The number of rotatable bonds is 8. The van der Waals surface area contributed by atoms with Gasteiger partial charge in [-0.05, 0) is 34.5 Å². The third-order valence-corrected chi connectivity index (χ3v) is 2.24. The van der Waals surface area contributed by atoms with E-state index in [0.717, 1.165) is 43.2 Å². The zero-order valence-corrected chi connectivity index (χ0v) is 10.3. The lowest BCUT2D eigenvalue weighted by atomic mass is 10.4. The van der Waals surface area contributed by atoms with Crippen LogP contribution in [0.25, 0.3) is 0 Å². The quantitative estimate of drug-likeness (QED) is 0.584. The van der Waals surface area contributed by atoms with E-state index in [-0.39, 0.29) is 0 Å². The molecule has 1 aromatic rings. The molecule has 0 atom stereocenters. The molecule has 0 aliphatic carbocycles. The van der Waals surface area contributed by atoms with Gasteiger partial charge in [-0.3, -0.25) is 0 Å². The Morgan fingerprint density at radius 3 is 3.00 bits per heavy atom. The van der Waals surface area contributed by atoms with Gasteiger partial charge in [0, 0.05) is 6.54 Å². The molecule has 0 bridgehead atoms. The van der Waals surface area contributed by atoms with Crippen LogP contribution >= 0.6 is 15.9 Å². The van der Waals surface area contributed by atoms with E-state index in [9.17, 15) is 0 Å². The normalized spacial score (nSPS) is 10.5. The summed E-state index contributed by atoms with van der Waals surface area (Å²) in [6.07, 6.45) is 2.76. The third-order valence-electron chi connectivity index (χ3n) is 1.82. The fourth-order valence-corrected chi connectivity index (χ4v) is 1.41. The highest BCUT2D eigenvalue weighted by molar-refractivity contribution is 9.10. The molecule has 0 amide bonds. The summed E-state index contributed by atoms with van der Waals surface area (Å²) in [5.74, 6) is 0.924. The first kappa shape index (κ1) is 12.5. The van der Waals surface area contributed by atoms with Gasteiger partial charge >= 0.3 is 0 Å². The van der Waals surface area contributed by atoms with Crippen molar-refractivity contribution in [3.8, 4) is 0 Å². The molecule has 3 nitrogen and oxygen atoms in total. The molecule has 0 unspecified atom stereocenters. The van der Waals surface area contributed by atoms with E-state index in [1.807, 2.05) is 18.2 Å². The molecular formula is C11H16BrNO2. The lowest BCUT2D eigenvalue weighted by Gasteiger charge is -2.03. The van der Waals surface area contributed by atoms with Crippen LogP contribution in [0, 0.1) is 0 Å². The van der Waals surface area contributed by atoms with Gasteiger partial charge in [0.25, 0.3) is 0 Å². The summed E-state index contributed by atoms with van der Waals surface area (Å²) in [6, 6.07) is 3.83. The fourth-order valence-electron chi connectivity index (χ4n) is 1.07. The van der Waals surface area contributed by atoms with Crippen molar-refractivity contribution < 1.29 is 9.15 Å². The zero-order chi connectivity index (χ0) is 10.9. The Morgan fingerprint density at radius 1 is 1.47 bits per heavy atom. The topological polar surface area (TPSA) is 34.4 Å². The van der Waals surface area contributed by atoms with Gasteiger partial charge in [-0.25, -0.2) is 0 Å². The molecule has 84 valence electrons. The minimum Gasteiger partial charge on any atom is -0.453 e. The van der Waals surface area contributed by atoms with E-state index >= 15 is 0 Å². The van der Waals surface area contributed by atoms with E-state index < -0.39 is 0 Å². The second-order valence-corrected chi connectivity index (χ2v) is 3.85. The average Bonchev–Trinajstić information content (AvgIpc) is 2.63. The Kier molecular flexibility index (Phi) is 6.39. The van der Waals surface area contributed by atoms with E-state index in [4.69, 9.17) is 9.15 Å². The highest BCUT2D eigenvalue weighted by Gasteiger charge is 1.97. The zero-order valence-electron chi connectivity index (χ0n) is 8.67. The van der Waals surface area contributed by atoms with Crippen molar-refractivity contribution in [1.29, 1.82) is 0 Å². The number of halogens is 1. The van der Waals surface area contributed by atoms with Crippen molar-refractivity contribution in [3.63, 3.8) is 0 Å². The molecule has 4 heteroatoms. The van der Waals surface area contributed by atoms with E-state index in [1.54, 1.807) is 0 Å². The first-order valence-corrected chi connectivity index (χ1v) is 5.76. The molecule has 0 aromatic carbocycles. The molecule has 0 radical (unpaired) electrons. The molecule has 0 aliphatic rings. The van der Waals surface area contributed by atoms with Crippen LogP contribution in [0.2, 0.25) is 0 Å². The minimum atomic E-state index is 0.718. The van der Waals surface area contributed by atoms with Gasteiger partial charge < -0.3 is 14.5 Å². The summed E-state index contributed by atoms with van der Waals surface area (Å²) in [7, 11) is 0. The van der Waals surface area contributed by atoms with Crippen LogP contribution < -0.4 is 5.32 Å². The Morgan fingerprint density at radius 2 is 2.33 bits per heavy atom. The van der Waals surface area contributed by atoms with Crippen molar-refractivity contribution in [2.75, 3.05) is 19.8 Å². The first-order chi connectivity index (χ1) is 7.33. The molecular weight excluding hydrogens is 258 g/mol. The van der Waals surface area contributed by atoms with E-state index in [2.05, 4.69) is 27.8 Å². The molecule has 0 fully saturated rings. The van der Waals surface area contributed by atoms with Crippen LogP contribution in [-0.4, -0.2) is 19.8 Å².